The maximum Gasteiger partial charge on any atom is 0.0603 e. The lowest BCUT2D eigenvalue weighted by molar-refractivity contribution is -0.0542. The molecule has 4 unspecified atom stereocenters. The highest BCUT2D eigenvalue weighted by atomic mass is 16.3. The molecule has 2 saturated heterocycles. The van der Waals surface area contributed by atoms with Crippen LogP contribution in [0.3, 0.4) is 0 Å². The predicted molar refractivity (Wildman–Crippen MR) is 58.1 cm³/mol. The molecule has 2 rings (SSSR count). The summed E-state index contributed by atoms with van der Waals surface area (Å²) >= 11 is 0. The van der Waals surface area contributed by atoms with Crippen LogP contribution in [0.4, 0.5) is 0 Å². The second-order valence-electron chi connectivity index (χ2n) is 6.16. The van der Waals surface area contributed by atoms with Gasteiger partial charge in [-0.3, -0.25) is 4.90 Å². The molecule has 0 aromatic carbocycles. The Labute approximate surface area is 87.3 Å². The second-order valence-corrected chi connectivity index (χ2v) is 6.16. The molecule has 0 aliphatic carbocycles. The van der Waals surface area contributed by atoms with Gasteiger partial charge in [0, 0.05) is 18.0 Å². The van der Waals surface area contributed by atoms with E-state index in [1.807, 2.05) is 0 Å². The van der Waals surface area contributed by atoms with E-state index in [9.17, 15) is 5.11 Å². The van der Waals surface area contributed by atoms with Crippen LogP contribution >= 0.6 is 0 Å². The number of hydrogen-bond acceptors (Lipinski definition) is 2. The lowest BCUT2D eigenvalue weighted by Crippen LogP contribution is -2.53. The van der Waals surface area contributed by atoms with E-state index in [4.69, 9.17) is 0 Å². The van der Waals surface area contributed by atoms with Gasteiger partial charge in [-0.2, -0.15) is 0 Å². The van der Waals surface area contributed by atoms with Gasteiger partial charge in [0.15, 0.2) is 0 Å². The van der Waals surface area contributed by atoms with Gasteiger partial charge in [0.05, 0.1) is 6.10 Å². The molecule has 2 heteroatoms. The number of aliphatic hydroxyl groups is 1. The number of nitrogens with zero attached hydrogens (tertiary/aromatic N) is 1. The minimum absolute atomic E-state index is 0.0799. The molecule has 0 spiro atoms. The van der Waals surface area contributed by atoms with Gasteiger partial charge in [0.25, 0.3) is 0 Å². The maximum atomic E-state index is 10.2. The van der Waals surface area contributed by atoms with Crippen LogP contribution in [0.15, 0.2) is 0 Å². The second kappa shape index (κ2) is 3.21. The standard InChI is InChI=1S/C12H23NO/c1-12(2,3)11-9-6-5-8(13(9)4)7-10(11)14/h8-11,14H,5-7H2,1-4H3. The minimum Gasteiger partial charge on any atom is -0.393 e. The fraction of sp³-hybridized carbons (Fsp3) is 1.00. The Kier molecular flexibility index (Phi) is 2.39. The lowest BCUT2D eigenvalue weighted by Gasteiger charge is -2.47. The Balaban J connectivity index is 2.23. The largest absolute Gasteiger partial charge is 0.393 e. The Hall–Kier alpha value is -0.0800. The summed E-state index contributed by atoms with van der Waals surface area (Å²) in [6, 6.07) is 1.26. The van der Waals surface area contributed by atoms with Crippen LogP contribution in [0.25, 0.3) is 0 Å². The zero-order valence-corrected chi connectivity index (χ0v) is 9.83. The van der Waals surface area contributed by atoms with Crippen LogP contribution in [0, 0.1) is 11.3 Å². The van der Waals surface area contributed by atoms with Crippen LogP contribution in [0.2, 0.25) is 0 Å². The summed E-state index contributed by atoms with van der Waals surface area (Å²) in [5.41, 5.74) is 0.230. The normalized spacial score (nSPS) is 44.4. The van der Waals surface area contributed by atoms with Gasteiger partial charge in [0.2, 0.25) is 0 Å². The third-order valence-corrected chi connectivity index (χ3v) is 4.24. The van der Waals surface area contributed by atoms with E-state index < -0.39 is 0 Å². The topological polar surface area (TPSA) is 23.5 Å². The molecule has 14 heavy (non-hydrogen) atoms. The summed E-state index contributed by atoms with van der Waals surface area (Å²) in [4.78, 5) is 2.50. The SMILES string of the molecule is CN1C2CCC1C(C(C)(C)C)C(O)C2. The molecular weight excluding hydrogens is 174 g/mol. The lowest BCUT2D eigenvalue weighted by atomic mass is 9.70. The van der Waals surface area contributed by atoms with Crippen LogP contribution in [-0.4, -0.2) is 35.2 Å². The molecule has 2 bridgehead atoms. The van der Waals surface area contributed by atoms with Crippen LogP contribution < -0.4 is 0 Å². The maximum absolute atomic E-state index is 10.2. The van der Waals surface area contributed by atoms with E-state index in [2.05, 4.69) is 32.7 Å². The summed E-state index contributed by atoms with van der Waals surface area (Å²) in [6.07, 6.45) is 3.46. The van der Waals surface area contributed by atoms with Crippen molar-refractivity contribution in [3.63, 3.8) is 0 Å². The Morgan fingerprint density at radius 1 is 1.21 bits per heavy atom. The first-order valence-electron chi connectivity index (χ1n) is 5.81. The number of piperidine rings is 1. The van der Waals surface area contributed by atoms with Crippen molar-refractivity contribution in [2.75, 3.05) is 7.05 Å². The summed E-state index contributed by atoms with van der Waals surface area (Å²) in [7, 11) is 2.23. The molecule has 4 atom stereocenters. The highest BCUT2D eigenvalue weighted by Crippen LogP contribution is 2.45. The molecule has 0 saturated carbocycles. The first-order chi connectivity index (χ1) is 6.41. The van der Waals surface area contributed by atoms with Crippen LogP contribution in [0.5, 0.6) is 0 Å². The molecular formula is C12H23NO. The smallest absolute Gasteiger partial charge is 0.0603 e. The number of fused-ring (bicyclic) bond motifs is 2. The van der Waals surface area contributed by atoms with Crippen molar-refractivity contribution in [2.45, 2.75) is 58.2 Å². The van der Waals surface area contributed by atoms with Gasteiger partial charge in [0.1, 0.15) is 0 Å². The quantitative estimate of drug-likeness (QED) is 0.641. The van der Waals surface area contributed by atoms with Crippen molar-refractivity contribution in [1.82, 2.24) is 4.90 Å². The summed E-state index contributed by atoms with van der Waals surface area (Å²) < 4.78 is 0. The molecule has 0 aromatic heterocycles. The van der Waals surface area contributed by atoms with E-state index in [0.717, 1.165) is 6.42 Å². The highest BCUT2D eigenvalue weighted by Gasteiger charge is 2.48. The van der Waals surface area contributed by atoms with Crippen LogP contribution in [0.1, 0.15) is 40.0 Å². The highest BCUT2D eigenvalue weighted by molar-refractivity contribution is 5.02. The van der Waals surface area contributed by atoms with Gasteiger partial charge in [-0.25, -0.2) is 0 Å². The van der Waals surface area contributed by atoms with Crippen molar-refractivity contribution >= 4 is 0 Å². The van der Waals surface area contributed by atoms with Crippen molar-refractivity contribution in [3.8, 4) is 0 Å². The molecule has 0 aromatic rings. The molecule has 2 heterocycles. The van der Waals surface area contributed by atoms with E-state index in [1.54, 1.807) is 0 Å². The van der Waals surface area contributed by atoms with Crippen molar-refractivity contribution in [3.05, 3.63) is 0 Å². The molecule has 2 aliphatic rings. The van der Waals surface area contributed by atoms with Gasteiger partial charge in [-0.1, -0.05) is 20.8 Å². The van der Waals surface area contributed by atoms with Gasteiger partial charge >= 0.3 is 0 Å². The van der Waals surface area contributed by atoms with Crippen molar-refractivity contribution in [2.24, 2.45) is 11.3 Å². The molecule has 0 radical (unpaired) electrons. The number of hydrogen-bond donors (Lipinski definition) is 1. The van der Waals surface area contributed by atoms with Gasteiger partial charge in [-0.05, 0) is 31.7 Å². The first kappa shape index (κ1) is 10.4. The molecule has 2 nitrogen and oxygen atoms in total. The molecule has 2 fully saturated rings. The van der Waals surface area contributed by atoms with E-state index in [-0.39, 0.29) is 11.5 Å². The van der Waals surface area contributed by atoms with E-state index in [0.29, 0.717) is 18.0 Å². The Bertz CT molecular complexity index is 221. The number of rotatable bonds is 0. The molecule has 1 N–H and O–H groups in total. The number of aliphatic hydroxyl groups excluding tert-OH is 1. The average molecular weight is 197 g/mol. The van der Waals surface area contributed by atoms with Gasteiger partial charge in [-0.15, -0.1) is 0 Å². The summed E-state index contributed by atoms with van der Waals surface area (Å²) in [5.74, 6) is 0.450. The van der Waals surface area contributed by atoms with Crippen LogP contribution in [-0.2, 0) is 0 Å². The molecule has 0 amide bonds. The van der Waals surface area contributed by atoms with Gasteiger partial charge < -0.3 is 5.11 Å². The Morgan fingerprint density at radius 3 is 2.43 bits per heavy atom. The third-order valence-electron chi connectivity index (χ3n) is 4.24. The first-order valence-corrected chi connectivity index (χ1v) is 5.81. The van der Waals surface area contributed by atoms with E-state index >= 15 is 0 Å². The fourth-order valence-electron chi connectivity index (χ4n) is 3.59. The zero-order chi connectivity index (χ0) is 10.5. The molecule has 82 valence electrons. The predicted octanol–water partition coefficient (Wildman–Crippen LogP) is 1.88. The summed E-state index contributed by atoms with van der Waals surface area (Å²) in [6.45, 7) is 6.77. The minimum atomic E-state index is -0.0799. The zero-order valence-electron chi connectivity index (χ0n) is 9.83. The van der Waals surface area contributed by atoms with E-state index in [1.165, 1.54) is 12.8 Å². The van der Waals surface area contributed by atoms with Crippen molar-refractivity contribution in [1.29, 1.82) is 0 Å². The Morgan fingerprint density at radius 2 is 1.86 bits per heavy atom. The molecule has 2 aliphatic heterocycles. The summed E-state index contributed by atoms with van der Waals surface area (Å²) in [5, 5.41) is 10.2. The third kappa shape index (κ3) is 1.49. The average Bonchev–Trinajstić information content (AvgIpc) is 2.32. The fourth-order valence-corrected chi connectivity index (χ4v) is 3.59. The monoisotopic (exact) mass is 197 g/mol. The van der Waals surface area contributed by atoms with Crippen molar-refractivity contribution < 1.29 is 5.11 Å².